The van der Waals surface area contributed by atoms with Gasteiger partial charge in [0.15, 0.2) is 0 Å². The number of rotatable bonds is 4. The van der Waals surface area contributed by atoms with Crippen molar-refractivity contribution in [2.45, 2.75) is 51.5 Å². The molecule has 0 bridgehead atoms. The van der Waals surface area contributed by atoms with Crippen molar-refractivity contribution in [1.29, 1.82) is 0 Å². The summed E-state index contributed by atoms with van der Waals surface area (Å²) in [5.41, 5.74) is -0.340. The number of carboxylic acids is 1. The Balaban J connectivity index is 2.79. The van der Waals surface area contributed by atoms with E-state index in [0.717, 1.165) is 32.1 Å². The van der Waals surface area contributed by atoms with E-state index in [4.69, 9.17) is 5.11 Å². The van der Waals surface area contributed by atoms with Gasteiger partial charge in [-0.2, -0.15) is 0 Å². The van der Waals surface area contributed by atoms with Crippen LogP contribution in [0.2, 0.25) is 0 Å². The summed E-state index contributed by atoms with van der Waals surface area (Å²) >= 11 is 0. The van der Waals surface area contributed by atoms with Crippen molar-refractivity contribution in [2.24, 2.45) is 0 Å². The molecule has 5 nitrogen and oxygen atoms in total. The minimum absolute atomic E-state index is 0.0383. The Morgan fingerprint density at radius 3 is 2.11 bits per heavy atom. The third kappa shape index (κ3) is 3.32. The highest BCUT2D eigenvalue weighted by Gasteiger charge is 2.33. The lowest BCUT2D eigenvalue weighted by Gasteiger charge is -2.36. The summed E-state index contributed by atoms with van der Waals surface area (Å²) in [4.78, 5) is 22.8. The molecule has 1 aliphatic carbocycles. The van der Waals surface area contributed by atoms with Crippen LogP contribution in [0.5, 0.6) is 0 Å². The first-order valence-corrected chi connectivity index (χ1v) is 6.26. The Kier molecular flexibility index (Phi) is 4.90. The van der Waals surface area contributed by atoms with Crippen LogP contribution >= 0.6 is 0 Å². The van der Waals surface area contributed by atoms with Crippen LogP contribution in [0.1, 0.15) is 46.0 Å². The Labute approximate surface area is 107 Å². The summed E-state index contributed by atoms with van der Waals surface area (Å²) in [7, 11) is 0. The van der Waals surface area contributed by atoms with E-state index in [-0.39, 0.29) is 17.8 Å². The lowest BCUT2D eigenvalue weighted by atomic mass is 9.82. The number of aliphatic hydroxyl groups is 1. The van der Waals surface area contributed by atoms with Gasteiger partial charge < -0.3 is 15.5 Å². The molecule has 1 fully saturated rings. The second-order valence-electron chi connectivity index (χ2n) is 5.01. The van der Waals surface area contributed by atoms with Crippen molar-refractivity contribution in [3.05, 3.63) is 11.1 Å². The van der Waals surface area contributed by atoms with Gasteiger partial charge in [-0.1, -0.05) is 19.3 Å². The summed E-state index contributed by atoms with van der Waals surface area (Å²) < 4.78 is 0. The standard InChI is InChI=1S/C13H21NO4/c1-9(10(2)12(17)18)11(16)14-13(8-15)6-4-3-5-7-13/h15H,3-8H2,1-2H3,(H,14,16)(H,17,18). The van der Waals surface area contributed by atoms with Gasteiger partial charge in [0, 0.05) is 11.1 Å². The fraction of sp³-hybridized carbons (Fsp3) is 0.692. The molecule has 0 unspecified atom stereocenters. The van der Waals surface area contributed by atoms with Gasteiger partial charge in [0.05, 0.1) is 12.1 Å². The Morgan fingerprint density at radius 1 is 1.11 bits per heavy atom. The van der Waals surface area contributed by atoms with Crippen molar-refractivity contribution >= 4 is 11.9 Å². The zero-order valence-electron chi connectivity index (χ0n) is 11.0. The van der Waals surface area contributed by atoms with Crippen molar-refractivity contribution < 1.29 is 19.8 Å². The van der Waals surface area contributed by atoms with Crippen molar-refractivity contribution in [3.8, 4) is 0 Å². The molecule has 0 aromatic heterocycles. The van der Waals surface area contributed by atoms with E-state index in [2.05, 4.69) is 5.32 Å². The minimum Gasteiger partial charge on any atom is -0.478 e. The van der Waals surface area contributed by atoms with Gasteiger partial charge in [-0.15, -0.1) is 0 Å². The van der Waals surface area contributed by atoms with Crippen LogP contribution in [-0.2, 0) is 9.59 Å². The van der Waals surface area contributed by atoms with Crippen LogP contribution in [0.15, 0.2) is 11.1 Å². The molecule has 3 N–H and O–H groups in total. The molecule has 1 aliphatic rings. The molecule has 0 aromatic rings. The maximum absolute atomic E-state index is 12.0. The van der Waals surface area contributed by atoms with Crippen LogP contribution in [-0.4, -0.2) is 34.2 Å². The maximum Gasteiger partial charge on any atom is 0.331 e. The van der Waals surface area contributed by atoms with Crippen molar-refractivity contribution in [1.82, 2.24) is 5.32 Å². The first-order valence-electron chi connectivity index (χ1n) is 6.26. The van der Waals surface area contributed by atoms with Gasteiger partial charge in [0.25, 0.3) is 0 Å². The van der Waals surface area contributed by atoms with E-state index < -0.39 is 17.4 Å². The zero-order chi connectivity index (χ0) is 13.8. The van der Waals surface area contributed by atoms with E-state index in [0.29, 0.717) is 0 Å². The van der Waals surface area contributed by atoms with Crippen LogP contribution in [0.4, 0.5) is 0 Å². The molecule has 0 spiro atoms. The second-order valence-corrected chi connectivity index (χ2v) is 5.01. The van der Waals surface area contributed by atoms with E-state index in [1.165, 1.54) is 13.8 Å². The predicted octanol–water partition coefficient (Wildman–Crippen LogP) is 1.22. The number of nitrogens with one attached hydrogen (secondary N) is 1. The molecule has 0 aliphatic heterocycles. The molecule has 0 radical (unpaired) electrons. The van der Waals surface area contributed by atoms with Crippen LogP contribution in [0, 0.1) is 0 Å². The lowest BCUT2D eigenvalue weighted by Crippen LogP contribution is -2.52. The number of aliphatic carboxylic acids is 1. The molecule has 0 saturated heterocycles. The molecular weight excluding hydrogens is 234 g/mol. The number of amides is 1. The highest BCUT2D eigenvalue weighted by molar-refractivity contribution is 6.01. The number of aliphatic hydroxyl groups excluding tert-OH is 1. The number of hydrogen-bond donors (Lipinski definition) is 3. The van der Waals surface area contributed by atoms with Gasteiger partial charge in [-0.3, -0.25) is 4.79 Å². The zero-order valence-corrected chi connectivity index (χ0v) is 11.0. The van der Waals surface area contributed by atoms with Crippen LogP contribution in [0.3, 0.4) is 0 Å². The number of carboxylic acid groups (broad SMARTS) is 1. The summed E-state index contributed by atoms with van der Waals surface area (Å²) in [5, 5.41) is 21.1. The third-order valence-electron chi connectivity index (χ3n) is 3.72. The summed E-state index contributed by atoms with van der Waals surface area (Å²) in [6, 6.07) is 0. The maximum atomic E-state index is 12.0. The van der Waals surface area contributed by atoms with E-state index in [9.17, 15) is 14.7 Å². The fourth-order valence-electron chi connectivity index (χ4n) is 2.22. The SMILES string of the molecule is CC(C(=O)O)=C(C)C(=O)NC1(CO)CCCCC1. The number of hydrogen-bond acceptors (Lipinski definition) is 3. The Bertz CT molecular complexity index is 367. The third-order valence-corrected chi connectivity index (χ3v) is 3.72. The molecule has 5 heteroatoms. The molecule has 1 saturated carbocycles. The minimum atomic E-state index is -1.09. The summed E-state index contributed by atoms with van der Waals surface area (Å²) in [5.74, 6) is -1.49. The monoisotopic (exact) mass is 255 g/mol. The van der Waals surface area contributed by atoms with E-state index in [1.54, 1.807) is 0 Å². The highest BCUT2D eigenvalue weighted by Crippen LogP contribution is 2.28. The van der Waals surface area contributed by atoms with E-state index in [1.807, 2.05) is 0 Å². The lowest BCUT2D eigenvalue weighted by molar-refractivity contribution is -0.133. The van der Waals surface area contributed by atoms with Crippen LogP contribution in [0.25, 0.3) is 0 Å². The first kappa shape index (κ1) is 14.7. The van der Waals surface area contributed by atoms with Crippen LogP contribution < -0.4 is 5.32 Å². The average Bonchev–Trinajstić information content (AvgIpc) is 2.37. The largest absolute Gasteiger partial charge is 0.478 e. The summed E-state index contributed by atoms with van der Waals surface area (Å²) in [6.07, 6.45) is 4.55. The van der Waals surface area contributed by atoms with E-state index >= 15 is 0 Å². The van der Waals surface area contributed by atoms with Crippen molar-refractivity contribution in [3.63, 3.8) is 0 Å². The normalized spacial score (nSPS) is 19.9. The van der Waals surface area contributed by atoms with Crippen molar-refractivity contribution in [2.75, 3.05) is 6.61 Å². The predicted molar refractivity (Wildman–Crippen MR) is 67.1 cm³/mol. The topological polar surface area (TPSA) is 86.6 Å². The smallest absolute Gasteiger partial charge is 0.331 e. The molecule has 1 rings (SSSR count). The van der Waals surface area contributed by atoms with Gasteiger partial charge in [0.2, 0.25) is 5.91 Å². The van der Waals surface area contributed by atoms with Gasteiger partial charge in [-0.25, -0.2) is 4.79 Å². The first-order chi connectivity index (χ1) is 8.42. The van der Waals surface area contributed by atoms with Gasteiger partial charge in [0.1, 0.15) is 0 Å². The molecule has 0 aromatic carbocycles. The van der Waals surface area contributed by atoms with Gasteiger partial charge >= 0.3 is 5.97 Å². The number of carbonyl (C=O) groups is 2. The Hall–Kier alpha value is -1.36. The molecule has 1 amide bonds. The Morgan fingerprint density at radius 2 is 1.67 bits per heavy atom. The summed E-state index contributed by atoms with van der Waals surface area (Å²) in [6.45, 7) is 2.80. The molecule has 0 heterocycles. The number of carbonyl (C=O) groups excluding carboxylic acids is 1. The molecule has 0 atom stereocenters. The second kappa shape index (κ2) is 6.00. The molecular formula is C13H21NO4. The highest BCUT2D eigenvalue weighted by atomic mass is 16.4. The average molecular weight is 255 g/mol. The molecule has 102 valence electrons. The fourth-order valence-corrected chi connectivity index (χ4v) is 2.22. The quantitative estimate of drug-likeness (QED) is 0.659. The van der Waals surface area contributed by atoms with Gasteiger partial charge in [-0.05, 0) is 26.7 Å². The molecule has 18 heavy (non-hydrogen) atoms.